The van der Waals surface area contributed by atoms with Gasteiger partial charge in [-0.1, -0.05) is 85.8 Å². The summed E-state index contributed by atoms with van der Waals surface area (Å²) in [7, 11) is -1.26. The number of benzene rings is 2. The van der Waals surface area contributed by atoms with E-state index in [1.807, 2.05) is 41.0 Å². The van der Waals surface area contributed by atoms with Crippen molar-refractivity contribution in [2.75, 3.05) is 33.0 Å². The highest BCUT2D eigenvalue weighted by atomic mass is 35.5. The Morgan fingerprint density at radius 1 is 0.907 bits per heavy atom. The highest BCUT2D eigenvalue weighted by Crippen LogP contribution is 2.35. The molecule has 228 valence electrons. The van der Waals surface area contributed by atoms with E-state index in [2.05, 4.69) is 43.9 Å². The van der Waals surface area contributed by atoms with Crippen LogP contribution < -0.4 is 4.74 Å². The Kier molecular flexibility index (Phi) is 9.15. The summed E-state index contributed by atoms with van der Waals surface area (Å²) in [6.45, 7) is 8.78. The molecule has 4 aromatic rings. The molecule has 9 nitrogen and oxygen atoms in total. The predicted molar refractivity (Wildman–Crippen MR) is 168 cm³/mol. The van der Waals surface area contributed by atoms with Crippen LogP contribution in [0.25, 0.3) is 33.5 Å². The lowest BCUT2D eigenvalue weighted by Gasteiger charge is -2.19. The first kappa shape index (κ1) is 30.2. The SMILES string of the molecule is C[Si](C)(C)CCOCn1c(O[C@@H]2CO[C@H]3[C@H]2OC[C@H]3OCCO)nc2nc(-c3ccc(-c4ccccc4)cc3)c(Cl)cc21. The van der Waals surface area contributed by atoms with Crippen molar-refractivity contribution in [2.24, 2.45) is 0 Å². The minimum Gasteiger partial charge on any atom is -0.456 e. The second kappa shape index (κ2) is 13.0. The van der Waals surface area contributed by atoms with E-state index < -0.39 is 8.07 Å². The van der Waals surface area contributed by atoms with Crippen LogP contribution in [0.1, 0.15) is 0 Å². The molecule has 0 aliphatic carbocycles. The molecular formula is C32H38ClN3O6Si. The number of ether oxygens (including phenoxy) is 5. The fourth-order valence-electron chi connectivity index (χ4n) is 5.42. The van der Waals surface area contributed by atoms with E-state index in [9.17, 15) is 0 Å². The van der Waals surface area contributed by atoms with E-state index >= 15 is 0 Å². The van der Waals surface area contributed by atoms with Crippen molar-refractivity contribution >= 4 is 30.8 Å². The normalized spacial score (nSPS) is 21.9. The number of imidazole rings is 1. The topological polar surface area (TPSA) is 97.1 Å². The Labute approximate surface area is 257 Å². The molecule has 2 fully saturated rings. The van der Waals surface area contributed by atoms with Crippen LogP contribution in [0.5, 0.6) is 6.01 Å². The Morgan fingerprint density at radius 2 is 1.58 bits per heavy atom. The van der Waals surface area contributed by atoms with Gasteiger partial charge in [0.15, 0.2) is 11.8 Å². The highest BCUT2D eigenvalue weighted by Gasteiger charge is 2.50. The van der Waals surface area contributed by atoms with Crippen molar-refractivity contribution in [3.63, 3.8) is 0 Å². The van der Waals surface area contributed by atoms with Crippen LogP contribution in [0.2, 0.25) is 30.7 Å². The second-order valence-corrected chi connectivity index (χ2v) is 18.2. The standard InChI is InChI=1S/C32H38ClN3O6Si/c1-43(2,3)16-15-38-20-36-25-17-24(33)28(23-11-9-22(10-12-23)21-7-5-4-6-8-21)34-31(25)35-32(36)42-27-19-41-29-26(39-14-13-37)18-40-30(27)29/h4-12,17,26-27,29-30,37H,13-16,18-20H2,1-3H3/t26-,27-,29-,30+/m1/s1. The summed E-state index contributed by atoms with van der Waals surface area (Å²) in [5.41, 5.74) is 5.06. The molecule has 2 aromatic heterocycles. The Balaban J connectivity index is 1.27. The average Bonchev–Trinajstić information content (AvgIpc) is 3.68. The zero-order valence-corrected chi connectivity index (χ0v) is 26.5. The molecule has 0 unspecified atom stereocenters. The van der Waals surface area contributed by atoms with Crippen LogP contribution in [0, 0.1) is 0 Å². The second-order valence-electron chi connectivity index (χ2n) is 12.2. The van der Waals surface area contributed by atoms with E-state index in [0.717, 1.165) is 28.3 Å². The quantitative estimate of drug-likeness (QED) is 0.160. The zero-order chi connectivity index (χ0) is 30.0. The molecule has 0 amide bonds. The van der Waals surface area contributed by atoms with Crippen LogP contribution in [-0.4, -0.2) is 85.2 Å². The van der Waals surface area contributed by atoms with Gasteiger partial charge in [0, 0.05) is 20.2 Å². The molecule has 0 radical (unpaired) electrons. The summed E-state index contributed by atoms with van der Waals surface area (Å²) in [6.07, 6.45) is -1.20. The van der Waals surface area contributed by atoms with Crippen molar-refractivity contribution in [1.29, 1.82) is 0 Å². The molecule has 2 aliphatic rings. The third kappa shape index (κ3) is 6.80. The van der Waals surface area contributed by atoms with Gasteiger partial charge < -0.3 is 28.8 Å². The molecule has 4 atom stereocenters. The Bertz CT molecular complexity index is 1530. The van der Waals surface area contributed by atoms with Gasteiger partial charge in [-0.15, -0.1) is 0 Å². The molecule has 2 aromatic carbocycles. The number of nitrogens with zero attached hydrogens (tertiary/aromatic N) is 3. The van der Waals surface area contributed by atoms with Gasteiger partial charge >= 0.3 is 6.01 Å². The number of halogens is 1. The number of aliphatic hydroxyl groups is 1. The largest absolute Gasteiger partial charge is 0.456 e. The molecule has 0 bridgehead atoms. The van der Waals surface area contributed by atoms with E-state index in [-0.39, 0.29) is 44.4 Å². The van der Waals surface area contributed by atoms with E-state index in [0.29, 0.717) is 42.2 Å². The molecular weight excluding hydrogens is 586 g/mol. The lowest BCUT2D eigenvalue weighted by molar-refractivity contribution is -0.0448. The van der Waals surface area contributed by atoms with E-state index in [1.54, 1.807) is 0 Å². The molecule has 1 N–H and O–H groups in total. The summed E-state index contributed by atoms with van der Waals surface area (Å²) >= 11 is 6.85. The number of aromatic nitrogens is 3. The first-order chi connectivity index (χ1) is 20.8. The summed E-state index contributed by atoms with van der Waals surface area (Å²) in [4.78, 5) is 9.69. The maximum atomic E-state index is 9.15. The molecule has 43 heavy (non-hydrogen) atoms. The van der Waals surface area contributed by atoms with Gasteiger partial charge in [-0.25, -0.2) is 4.98 Å². The van der Waals surface area contributed by atoms with Crippen molar-refractivity contribution < 1.29 is 28.8 Å². The zero-order valence-electron chi connectivity index (χ0n) is 24.7. The summed E-state index contributed by atoms with van der Waals surface area (Å²) in [5.74, 6) is 0. The Hall–Kier alpha value is -2.83. The van der Waals surface area contributed by atoms with Gasteiger partial charge in [-0.3, -0.25) is 4.57 Å². The van der Waals surface area contributed by atoms with Gasteiger partial charge in [-0.2, -0.15) is 4.98 Å². The van der Waals surface area contributed by atoms with Crippen LogP contribution in [0.15, 0.2) is 60.7 Å². The number of hydrogen-bond acceptors (Lipinski definition) is 8. The van der Waals surface area contributed by atoms with Gasteiger partial charge in [0.05, 0.1) is 42.7 Å². The average molecular weight is 624 g/mol. The number of pyridine rings is 1. The minimum atomic E-state index is -1.26. The van der Waals surface area contributed by atoms with Crippen LogP contribution in [0.3, 0.4) is 0 Å². The molecule has 4 heterocycles. The van der Waals surface area contributed by atoms with Crippen LogP contribution in [0.4, 0.5) is 0 Å². The molecule has 6 rings (SSSR count). The first-order valence-electron chi connectivity index (χ1n) is 14.7. The third-order valence-corrected chi connectivity index (χ3v) is 9.78. The minimum absolute atomic E-state index is 0.0513. The number of aliphatic hydroxyl groups excluding tert-OH is 1. The molecule has 2 saturated heterocycles. The number of hydrogen-bond donors (Lipinski definition) is 1. The molecule has 2 aliphatic heterocycles. The van der Waals surface area contributed by atoms with Gasteiger partial charge in [0.25, 0.3) is 0 Å². The fourth-order valence-corrected chi connectivity index (χ4v) is 6.43. The first-order valence-corrected chi connectivity index (χ1v) is 18.8. The summed E-state index contributed by atoms with van der Waals surface area (Å²) in [6, 6.07) is 21.7. The van der Waals surface area contributed by atoms with Gasteiger partial charge in [0.2, 0.25) is 0 Å². The Morgan fingerprint density at radius 3 is 2.30 bits per heavy atom. The van der Waals surface area contributed by atoms with Crippen LogP contribution in [-0.2, 0) is 25.7 Å². The maximum Gasteiger partial charge on any atom is 0.301 e. The fraction of sp³-hybridized carbons (Fsp3) is 0.438. The summed E-state index contributed by atoms with van der Waals surface area (Å²) in [5, 5.41) is 9.67. The smallest absolute Gasteiger partial charge is 0.301 e. The van der Waals surface area contributed by atoms with Gasteiger partial charge in [-0.05, 0) is 23.2 Å². The van der Waals surface area contributed by atoms with Crippen molar-refractivity contribution in [3.8, 4) is 28.4 Å². The maximum absolute atomic E-state index is 9.15. The van der Waals surface area contributed by atoms with Crippen molar-refractivity contribution in [1.82, 2.24) is 14.5 Å². The van der Waals surface area contributed by atoms with Crippen molar-refractivity contribution in [2.45, 2.75) is 56.8 Å². The number of rotatable bonds is 12. The van der Waals surface area contributed by atoms with Gasteiger partial charge in [0.1, 0.15) is 25.0 Å². The number of fused-ring (bicyclic) bond motifs is 2. The summed E-state index contributed by atoms with van der Waals surface area (Å²) < 4.78 is 32.2. The molecule has 0 spiro atoms. The van der Waals surface area contributed by atoms with E-state index in [1.165, 1.54) is 0 Å². The van der Waals surface area contributed by atoms with Crippen LogP contribution >= 0.6 is 11.6 Å². The predicted octanol–water partition coefficient (Wildman–Crippen LogP) is 5.65. The lowest BCUT2D eigenvalue weighted by atomic mass is 10.0. The van der Waals surface area contributed by atoms with E-state index in [4.69, 9.17) is 50.4 Å². The molecule has 11 heteroatoms. The highest BCUT2D eigenvalue weighted by molar-refractivity contribution is 6.76. The van der Waals surface area contributed by atoms with Crippen molar-refractivity contribution in [3.05, 3.63) is 65.7 Å². The lowest BCUT2D eigenvalue weighted by Crippen LogP contribution is -2.36. The molecule has 0 saturated carbocycles. The monoisotopic (exact) mass is 623 g/mol. The third-order valence-electron chi connectivity index (χ3n) is 7.78.